The van der Waals surface area contributed by atoms with Crippen LogP contribution in [-0.4, -0.2) is 58.4 Å². The first kappa shape index (κ1) is 24.0. The molecule has 6 rings (SSSR count). The number of para-hydroxylation sites is 1. The number of aryl methyl sites for hydroxylation is 1. The number of aromatic nitrogens is 2. The van der Waals surface area contributed by atoms with Crippen LogP contribution in [0.15, 0.2) is 48.7 Å². The molecule has 2 aliphatic heterocycles. The molecular formula is C29H35N5O3. The van der Waals surface area contributed by atoms with E-state index in [4.69, 9.17) is 4.74 Å². The molecule has 8 nitrogen and oxygen atoms in total. The highest BCUT2D eigenvalue weighted by atomic mass is 16.5. The predicted molar refractivity (Wildman–Crippen MR) is 141 cm³/mol. The van der Waals surface area contributed by atoms with Gasteiger partial charge in [0.05, 0.1) is 30.3 Å². The van der Waals surface area contributed by atoms with Gasteiger partial charge in [0.2, 0.25) is 5.91 Å². The molecule has 0 spiro atoms. The van der Waals surface area contributed by atoms with Crippen molar-refractivity contribution in [2.45, 2.75) is 57.2 Å². The minimum absolute atomic E-state index is 0.0318. The van der Waals surface area contributed by atoms with E-state index in [0.29, 0.717) is 23.9 Å². The van der Waals surface area contributed by atoms with Crippen molar-refractivity contribution in [3.8, 4) is 0 Å². The second-order valence-electron chi connectivity index (χ2n) is 10.7. The third-order valence-electron chi connectivity index (χ3n) is 8.53. The maximum Gasteiger partial charge on any atom is 0.270 e. The molecule has 1 aromatic carbocycles. The normalized spacial score (nSPS) is 26.9. The number of nitrogens with one attached hydrogen (secondary N) is 2. The highest BCUT2D eigenvalue weighted by Crippen LogP contribution is 2.47. The van der Waals surface area contributed by atoms with Gasteiger partial charge in [0.25, 0.3) is 5.91 Å². The molecule has 4 heterocycles. The summed E-state index contributed by atoms with van der Waals surface area (Å²) in [4.78, 5) is 34.3. The number of hydrogen-bond acceptors (Lipinski definition) is 5. The Labute approximate surface area is 217 Å². The molecule has 3 aromatic rings. The molecule has 2 aromatic heterocycles. The summed E-state index contributed by atoms with van der Waals surface area (Å²) in [6.45, 7) is 3.20. The molecule has 1 aliphatic carbocycles. The number of nitrogens with zero attached hydrogens (tertiary/aromatic N) is 3. The van der Waals surface area contributed by atoms with E-state index in [1.165, 1.54) is 5.56 Å². The molecule has 2 fully saturated rings. The van der Waals surface area contributed by atoms with Crippen LogP contribution in [0.1, 0.15) is 59.9 Å². The summed E-state index contributed by atoms with van der Waals surface area (Å²) in [6.07, 6.45) is 6.43. The van der Waals surface area contributed by atoms with Crippen molar-refractivity contribution in [1.82, 2.24) is 19.6 Å². The largest absolute Gasteiger partial charge is 0.383 e. The van der Waals surface area contributed by atoms with Gasteiger partial charge in [0.1, 0.15) is 11.3 Å². The van der Waals surface area contributed by atoms with Crippen molar-refractivity contribution in [3.63, 3.8) is 0 Å². The molecule has 5 atom stereocenters. The van der Waals surface area contributed by atoms with E-state index < -0.39 is 0 Å². The van der Waals surface area contributed by atoms with Crippen molar-refractivity contribution < 1.29 is 14.3 Å². The number of benzene rings is 1. The van der Waals surface area contributed by atoms with Gasteiger partial charge in [-0.15, -0.1) is 0 Å². The first-order valence-corrected chi connectivity index (χ1v) is 13.5. The standard InChI is InChI=1S/C29H35N5O3/c1-18-26(33-15-8-7-13-25(33)30-18)28(35)32-23-12-6-4-10-21(23)29(36)34-16-14-20-24(17-37-2)31-22-11-5-3-9-19(22)27(20)34/h3,5,7-9,11,13,15,20-21,23-24,27,31H,4,6,10,12,14,16-17H2,1-2H3,(H,32,35)/t20-,21+,23-,24+,27+/m1/s1. The van der Waals surface area contributed by atoms with Crippen LogP contribution in [0.4, 0.5) is 5.69 Å². The molecule has 1 saturated heterocycles. The van der Waals surface area contributed by atoms with Crippen molar-refractivity contribution in [2.24, 2.45) is 11.8 Å². The van der Waals surface area contributed by atoms with Gasteiger partial charge in [-0.3, -0.25) is 14.0 Å². The fraction of sp³-hybridized carbons (Fsp3) is 0.483. The number of rotatable bonds is 5. The highest BCUT2D eigenvalue weighted by Gasteiger charge is 2.48. The predicted octanol–water partition coefficient (Wildman–Crippen LogP) is 3.96. The number of imidazole rings is 1. The average molecular weight is 502 g/mol. The molecular weight excluding hydrogens is 466 g/mol. The SMILES string of the molecule is COC[C@@H]1Nc2ccccc2[C@H]2[C@@H]1CCN2C(=O)[C@H]1CCCC[C@H]1NC(=O)c1c(C)nc2ccccn12. The fourth-order valence-electron chi connectivity index (χ4n) is 6.86. The average Bonchev–Trinajstić information content (AvgIpc) is 3.50. The number of likely N-dealkylation sites (tertiary alicyclic amines) is 1. The Kier molecular flexibility index (Phi) is 6.36. The van der Waals surface area contributed by atoms with Crippen molar-refractivity contribution >= 4 is 23.1 Å². The third-order valence-corrected chi connectivity index (χ3v) is 8.53. The van der Waals surface area contributed by atoms with Crippen molar-refractivity contribution in [3.05, 3.63) is 65.6 Å². The Morgan fingerprint density at radius 2 is 1.92 bits per heavy atom. The zero-order valence-corrected chi connectivity index (χ0v) is 21.5. The molecule has 2 amide bonds. The number of amides is 2. The number of carbonyl (C=O) groups excluding carboxylic acids is 2. The number of ether oxygens (including phenoxy) is 1. The number of anilines is 1. The quantitative estimate of drug-likeness (QED) is 0.553. The molecule has 0 bridgehead atoms. The van der Waals surface area contributed by atoms with Gasteiger partial charge >= 0.3 is 0 Å². The van der Waals surface area contributed by atoms with Crippen molar-refractivity contribution in [1.29, 1.82) is 0 Å². The summed E-state index contributed by atoms with van der Waals surface area (Å²) in [5, 5.41) is 6.90. The lowest BCUT2D eigenvalue weighted by molar-refractivity contribution is -0.139. The van der Waals surface area contributed by atoms with Crippen LogP contribution in [-0.2, 0) is 9.53 Å². The van der Waals surface area contributed by atoms with Gasteiger partial charge in [-0.1, -0.05) is 37.1 Å². The smallest absolute Gasteiger partial charge is 0.270 e. The van der Waals surface area contributed by atoms with Crippen LogP contribution in [0.5, 0.6) is 0 Å². The monoisotopic (exact) mass is 501 g/mol. The van der Waals surface area contributed by atoms with E-state index in [1.807, 2.05) is 41.8 Å². The van der Waals surface area contributed by atoms with Crippen molar-refractivity contribution in [2.75, 3.05) is 25.6 Å². The number of pyridine rings is 1. The van der Waals surface area contributed by atoms with Gasteiger partial charge in [-0.25, -0.2) is 4.98 Å². The van der Waals surface area contributed by atoms with Gasteiger partial charge < -0.3 is 20.3 Å². The van der Waals surface area contributed by atoms with Gasteiger partial charge in [0.15, 0.2) is 0 Å². The summed E-state index contributed by atoms with van der Waals surface area (Å²) in [5.74, 6) is 0.0860. The topological polar surface area (TPSA) is 88.0 Å². The van der Waals surface area contributed by atoms with E-state index in [9.17, 15) is 9.59 Å². The van der Waals surface area contributed by atoms with Crippen LogP contribution in [0, 0.1) is 18.8 Å². The summed E-state index contributed by atoms with van der Waals surface area (Å²) in [7, 11) is 1.73. The Morgan fingerprint density at radius 1 is 1.11 bits per heavy atom. The third kappa shape index (κ3) is 4.17. The Morgan fingerprint density at radius 3 is 2.78 bits per heavy atom. The summed E-state index contributed by atoms with van der Waals surface area (Å²) in [5.41, 5.74) is 4.26. The number of methoxy groups -OCH3 is 1. The van der Waals surface area contributed by atoms with Crippen LogP contribution >= 0.6 is 0 Å². The lowest BCUT2D eigenvalue weighted by Crippen LogP contribution is -2.51. The molecule has 0 radical (unpaired) electrons. The number of hydrogen-bond donors (Lipinski definition) is 2. The molecule has 37 heavy (non-hydrogen) atoms. The lowest BCUT2D eigenvalue weighted by Gasteiger charge is -2.41. The number of carbonyl (C=O) groups is 2. The summed E-state index contributed by atoms with van der Waals surface area (Å²) < 4.78 is 7.36. The van der Waals surface area contributed by atoms with E-state index in [2.05, 4.69) is 38.7 Å². The maximum absolute atomic E-state index is 14.2. The Balaban J connectivity index is 1.26. The zero-order chi connectivity index (χ0) is 25.5. The van der Waals surface area contributed by atoms with E-state index in [1.54, 1.807) is 7.11 Å². The first-order valence-electron chi connectivity index (χ1n) is 13.5. The molecule has 1 saturated carbocycles. The van der Waals surface area contributed by atoms with Crippen LogP contribution in [0.2, 0.25) is 0 Å². The van der Waals surface area contributed by atoms with Crippen LogP contribution < -0.4 is 10.6 Å². The Bertz CT molecular complexity index is 1320. The summed E-state index contributed by atoms with van der Waals surface area (Å²) in [6, 6.07) is 14.0. The van der Waals surface area contributed by atoms with Crippen LogP contribution in [0.3, 0.4) is 0 Å². The summed E-state index contributed by atoms with van der Waals surface area (Å²) >= 11 is 0. The zero-order valence-electron chi connectivity index (χ0n) is 21.5. The second kappa shape index (κ2) is 9.82. The molecule has 3 aliphatic rings. The minimum Gasteiger partial charge on any atom is -0.383 e. The molecule has 2 N–H and O–H groups in total. The maximum atomic E-state index is 14.2. The Hall–Kier alpha value is -3.39. The fourth-order valence-corrected chi connectivity index (χ4v) is 6.86. The van der Waals surface area contributed by atoms with E-state index >= 15 is 0 Å². The molecule has 0 unspecified atom stereocenters. The first-order chi connectivity index (χ1) is 18.1. The highest BCUT2D eigenvalue weighted by molar-refractivity contribution is 5.95. The molecule has 194 valence electrons. The van der Waals surface area contributed by atoms with E-state index in [-0.39, 0.29) is 35.9 Å². The van der Waals surface area contributed by atoms with Gasteiger partial charge in [0, 0.05) is 37.5 Å². The second-order valence-corrected chi connectivity index (χ2v) is 10.7. The van der Waals surface area contributed by atoms with Crippen LogP contribution in [0.25, 0.3) is 5.65 Å². The molecule has 8 heteroatoms. The minimum atomic E-state index is -0.223. The van der Waals surface area contributed by atoms with E-state index in [0.717, 1.165) is 50.0 Å². The number of fused-ring (bicyclic) bond motifs is 4. The lowest BCUT2D eigenvalue weighted by atomic mass is 9.81. The van der Waals surface area contributed by atoms with Gasteiger partial charge in [-0.2, -0.15) is 0 Å². The van der Waals surface area contributed by atoms with Gasteiger partial charge in [-0.05, 0) is 49.9 Å².